The highest BCUT2D eigenvalue weighted by Crippen LogP contribution is 2.26. The third kappa shape index (κ3) is 3.01. The molecule has 0 fully saturated rings. The van der Waals surface area contributed by atoms with Gasteiger partial charge in [-0.3, -0.25) is 4.68 Å². The topological polar surface area (TPSA) is 55.6 Å². The maximum absolute atomic E-state index is 4.52. The molecule has 102 valence electrons. The van der Waals surface area contributed by atoms with E-state index in [0.29, 0.717) is 0 Å². The molecule has 0 bridgehead atoms. The molecule has 0 aliphatic carbocycles. The van der Waals surface area contributed by atoms with Gasteiger partial charge in [-0.2, -0.15) is 15.3 Å². The van der Waals surface area contributed by atoms with Crippen LogP contribution in [0, 0.1) is 6.92 Å². The molecule has 2 rings (SSSR count). The first kappa shape index (κ1) is 14.1. The molecule has 0 amide bonds. The lowest BCUT2D eigenvalue weighted by Gasteiger charge is -2.17. The second-order valence-electron chi connectivity index (χ2n) is 4.38. The Morgan fingerprint density at radius 3 is 2.79 bits per heavy atom. The van der Waals surface area contributed by atoms with Gasteiger partial charge in [-0.1, -0.05) is 0 Å². The van der Waals surface area contributed by atoms with Crippen molar-refractivity contribution in [3.8, 4) is 0 Å². The molecule has 0 aromatic carbocycles. The van der Waals surface area contributed by atoms with E-state index in [4.69, 9.17) is 0 Å². The van der Waals surface area contributed by atoms with Crippen LogP contribution in [0.3, 0.4) is 0 Å². The van der Waals surface area contributed by atoms with Gasteiger partial charge < -0.3 is 5.32 Å². The molecule has 1 atom stereocenters. The zero-order chi connectivity index (χ0) is 13.8. The molecular formula is C13H18BrN5. The normalized spacial score (nSPS) is 12.6. The van der Waals surface area contributed by atoms with E-state index in [0.717, 1.165) is 28.7 Å². The number of likely N-dealkylation sites (N-methyl/N-ethyl adjacent to an activating group) is 1. The van der Waals surface area contributed by atoms with Crippen LogP contribution >= 0.6 is 15.9 Å². The summed E-state index contributed by atoms with van der Waals surface area (Å²) >= 11 is 3.63. The van der Waals surface area contributed by atoms with E-state index in [1.54, 1.807) is 12.4 Å². The van der Waals surface area contributed by atoms with Crippen LogP contribution in [-0.4, -0.2) is 27.0 Å². The molecule has 2 aromatic heterocycles. The van der Waals surface area contributed by atoms with Gasteiger partial charge in [-0.25, -0.2) is 0 Å². The first-order valence-corrected chi connectivity index (χ1v) is 7.12. The molecule has 0 radical (unpaired) electrons. The minimum Gasteiger partial charge on any atom is -0.313 e. The fraction of sp³-hybridized carbons (Fsp3) is 0.462. The number of aromatic nitrogens is 4. The van der Waals surface area contributed by atoms with Crippen molar-refractivity contribution in [1.82, 2.24) is 25.3 Å². The second-order valence-corrected chi connectivity index (χ2v) is 5.18. The number of hydrogen-bond acceptors (Lipinski definition) is 4. The summed E-state index contributed by atoms with van der Waals surface area (Å²) in [4.78, 5) is 0. The van der Waals surface area contributed by atoms with Crippen molar-refractivity contribution in [1.29, 1.82) is 0 Å². The summed E-state index contributed by atoms with van der Waals surface area (Å²) in [5.41, 5.74) is 3.36. The van der Waals surface area contributed by atoms with E-state index < -0.39 is 0 Å². The minimum absolute atomic E-state index is 0.202. The van der Waals surface area contributed by atoms with Gasteiger partial charge in [0, 0.05) is 25.2 Å². The summed E-state index contributed by atoms with van der Waals surface area (Å²) in [5, 5.41) is 15.6. The molecule has 0 aliphatic rings. The van der Waals surface area contributed by atoms with Gasteiger partial charge in [0.25, 0.3) is 0 Å². The fourth-order valence-electron chi connectivity index (χ4n) is 2.15. The van der Waals surface area contributed by atoms with Gasteiger partial charge in [-0.15, -0.1) is 0 Å². The average molecular weight is 324 g/mol. The van der Waals surface area contributed by atoms with Gasteiger partial charge in [0.15, 0.2) is 0 Å². The Labute approximate surface area is 121 Å². The standard InChI is InChI=1S/C13H18BrN5/c1-4-19-12(13(14)9(2)18-19)7-11(15-3)10-5-6-16-17-8-10/h5-6,8,11,15H,4,7H2,1-3H3. The second kappa shape index (κ2) is 6.25. The van der Waals surface area contributed by atoms with Crippen molar-refractivity contribution >= 4 is 15.9 Å². The first-order valence-electron chi connectivity index (χ1n) is 6.33. The molecule has 0 saturated heterocycles. The number of rotatable bonds is 5. The van der Waals surface area contributed by atoms with Crippen molar-refractivity contribution in [2.75, 3.05) is 7.05 Å². The molecule has 0 saturated carbocycles. The SMILES string of the molecule is CCn1nc(C)c(Br)c1CC(NC)c1ccnnc1. The quantitative estimate of drug-likeness (QED) is 0.917. The van der Waals surface area contributed by atoms with Crippen LogP contribution in [-0.2, 0) is 13.0 Å². The molecule has 0 spiro atoms. The average Bonchev–Trinajstić information content (AvgIpc) is 2.72. The molecule has 1 unspecified atom stereocenters. The van der Waals surface area contributed by atoms with Crippen LogP contribution in [0.25, 0.3) is 0 Å². The summed E-state index contributed by atoms with van der Waals surface area (Å²) in [6.07, 6.45) is 4.38. The van der Waals surface area contributed by atoms with Gasteiger partial charge in [0.1, 0.15) is 0 Å². The minimum atomic E-state index is 0.202. The van der Waals surface area contributed by atoms with E-state index >= 15 is 0 Å². The Kier molecular flexibility index (Phi) is 4.66. The van der Waals surface area contributed by atoms with E-state index in [1.165, 1.54) is 5.69 Å². The van der Waals surface area contributed by atoms with Crippen molar-refractivity contribution in [2.24, 2.45) is 0 Å². The van der Waals surface area contributed by atoms with Crippen molar-refractivity contribution in [2.45, 2.75) is 32.9 Å². The predicted molar refractivity (Wildman–Crippen MR) is 77.9 cm³/mol. The number of hydrogen-bond donors (Lipinski definition) is 1. The molecule has 2 aromatic rings. The van der Waals surface area contributed by atoms with Crippen LogP contribution in [0.5, 0.6) is 0 Å². The van der Waals surface area contributed by atoms with Crippen LogP contribution in [0.15, 0.2) is 22.9 Å². The Morgan fingerprint density at radius 2 is 2.21 bits per heavy atom. The summed E-state index contributed by atoms with van der Waals surface area (Å²) in [7, 11) is 1.96. The molecule has 19 heavy (non-hydrogen) atoms. The van der Waals surface area contributed by atoms with Gasteiger partial charge in [-0.05, 0) is 48.5 Å². The Bertz CT molecular complexity index is 537. The smallest absolute Gasteiger partial charge is 0.0738 e. The van der Waals surface area contributed by atoms with Crippen molar-refractivity contribution in [3.63, 3.8) is 0 Å². The Hall–Kier alpha value is -1.27. The van der Waals surface area contributed by atoms with E-state index in [1.807, 2.05) is 24.7 Å². The highest BCUT2D eigenvalue weighted by atomic mass is 79.9. The predicted octanol–water partition coefficient (Wildman–Crippen LogP) is 2.27. The third-order valence-electron chi connectivity index (χ3n) is 3.21. The zero-order valence-electron chi connectivity index (χ0n) is 11.4. The lowest BCUT2D eigenvalue weighted by molar-refractivity contribution is 0.538. The molecule has 0 aliphatic heterocycles. The van der Waals surface area contributed by atoms with Crippen molar-refractivity contribution in [3.05, 3.63) is 39.9 Å². The summed E-state index contributed by atoms with van der Waals surface area (Å²) in [5.74, 6) is 0. The van der Waals surface area contributed by atoms with Gasteiger partial charge in [0.2, 0.25) is 0 Å². The number of nitrogens with one attached hydrogen (secondary N) is 1. The van der Waals surface area contributed by atoms with Crippen LogP contribution in [0.1, 0.15) is 29.9 Å². The molecular weight excluding hydrogens is 306 g/mol. The molecule has 6 heteroatoms. The van der Waals surface area contributed by atoms with Crippen LogP contribution in [0.2, 0.25) is 0 Å². The largest absolute Gasteiger partial charge is 0.313 e. The van der Waals surface area contributed by atoms with Crippen molar-refractivity contribution < 1.29 is 0 Å². The number of aryl methyl sites for hydroxylation is 2. The van der Waals surface area contributed by atoms with E-state index in [2.05, 4.69) is 43.5 Å². The lowest BCUT2D eigenvalue weighted by Crippen LogP contribution is -2.21. The van der Waals surface area contributed by atoms with E-state index in [9.17, 15) is 0 Å². The van der Waals surface area contributed by atoms with Gasteiger partial charge in [0.05, 0.1) is 22.1 Å². The highest BCUT2D eigenvalue weighted by Gasteiger charge is 2.18. The summed E-state index contributed by atoms with van der Waals surface area (Å²) in [6.45, 7) is 4.99. The fourth-order valence-corrected chi connectivity index (χ4v) is 2.60. The summed E-state index contributed by atoms with van der Waals surface area (Å²) in [6, 6.07) is 2.19. The maximum Gasteiger partial charge on any atom is 0.0738 e. The third-order valence-corrected chi connectivity index (χ3v) is 4.24. The molecule has 1 N–H and O–H groups in total. The number of halogens is 1. The maximum atomic E-state index is 4.52. The van der Waals surface area contributed by atoms with Gasteiger partial charge >= 0.3 is 0 Å². The summed E-state index contributed by atoms with van der Waals surface area (Å²) < 4.78 is 3.13. The first-order chi connectivity index (χ1) is 9.17. The molecule has 5 nitrogen and oxygen atoms in total. The van der Waals surface area contributed by atoms with Crippen LogP contribution < -0.4 is 5.32 Å². The lowest BCUT2D eigenvalue weighted by atomic mass is 10.0. The number of nitrogens with zero attached hydrogens (tertiary/aromatic N) is 4. The van der Waals surface area contributed by atoms with E-state index in [-0.39, 0.29) is 6.04 Å². The molecule has 2 heterocycles. The Morgan fingerprint density at radius 1 is 1.42 bits per heavy atom. The monoisotopic (exact) mass is 323 g/mol. The highest BCUT2D eigenvalue weighted by molar-refractivity contribution is 9.10. The zero-order valence-corrected chi connectivity index (χ0v) is 13.0. The Balaban J connectivity index is 2.29. The van der Waals surface area contributed by atoms with Crippen LogP contribution in [0.4, 0.5) is 0 Å².